The summed E-state index contributed by atoms with van der Waals surface area (Å²) in [4.78, 5) is 36.3. The Morgan fingerprint density at radius 3 is 2.83 bits per heavy atom. The first-order chi connectivity index (χ1) is 11.0. The van der Waals surface area contributed by atoms with Crippen molar-refractivity contribution in [3.05, 3.63) is 29.8 Å². The van der Waals surface area contributed by atoms with Gasteiger partial charge in [-0.3, -0.25) is 9.59 Å². The van der Waals surface area contributed by atoms with E-state index in [0.29, 0.717) is 31.6 Å². The summed E-state index contributed by atoms with van der Waals surface area (Å²) in [5, 5.41) is 13.8. The highest BCUT2D eigenvalue weighted by Crippen LogP contribution is 2.18. The smallest absolute Gasteiger partial charge is 0.322 e. The molecule has 3 amide bonds. The van der Waals surface area contributed by atoms with Crippen LogP contribution in [0.5, 0.6) is 0 Å². The van der Waals surface area contributed by atoms with Crippen LogP contribution in [0.2, 0.25) is 0 Å². The first-order valence-electron chi connectivity index (χ1n) is 7.58. The van der Waals surface area contributed by atoms with Crippen LogP contribution in [0.15, 0.2) is 24.3 Å². The van der Waals surface area contributed by atoms with E-state index in [1.807, 2.05) is 31.2 Å². The average Bonchev–Trinajstić information content (AvgIpc) is 2.52. The summed E-state index contributed by atoms with van der Waals surface area (Å²) in [5.74, 6) is -1.77. The monoisotopic (exact) mass is 319 g/mol. The van der Waals surface area contributed by atoms with Gasteiger partial charge in [0.05, 0.1) is 5.92 Å². The molecule has 1 aliphatic heterocycles. The van der Waals surface area contributed by atoms with Gasteiger partial charge in [0.15, 0.2) is 0 Å². The zero-order chi connectivity index (χ0) is 16.8. The van der Waals surface area contributed by atoms with Gasteiger partial charge in [-0.05, 0) is 37.5 Å². The quantitative estimate of drug-likeness (QED) is 0.782. The predicted molar refractivity (Wildman–Crippen MR) is 85.1 cm³/mol. The summed E-state index contributed by atoms with van der Waals surface area (Å²) in [6.45, 7) is 2.42. The van der Waals surface area contributed by atoms with Crippen LogP contribution in [-0.4, -0.2) is 47.5 Å². The zero-order valence-corrected chi connectivity index (χ0v) is 13.0. The minimum Gasteiger partial charge on any atom is -0.480 e. The third-order valence-electron chi connectivity index (χ3n) is 3.76. The third kappa shape index (κ3) is 4.98. The zero-order valence-electron chi connectivity index (χ0n) is 13.0. The van der Waals surface area contributed by atoms with E-state index in [0.717, 1.165) is 5.56 Å². The SMILES string of the molecule is Cc1cccc(NC(=O)N2CCCC(C(=O)NCC(=O)O)C2)c1. The van der Waals surface area contributed by atoms with Gasteiger partial charge < -0.3 is 20.6 Å². The van der Waals surface area contributed by atoms with Crippen LogP contribution >= 0.6 is 0 Å². The number of nitrogens with zero attached hydrogens (tertiary/aromatic N) is 1. The van der Waals surface area contributed by atoms with E-state index < -0.39 is 12.5 Å². The number of carboxylic acid groups (broad SMARTS) is 1. The van der Waals surface area contributed by atoms with Crippen molar-refractivity contribution in [2.45, 2.75) is 19.8 Å². The first kappa shape index (κ1) is 16.8. The number of anilines is 1. The maximum absolute atomic E-state index is 12.3. The van der Waals surface area contributed by atoms with Crippen LogP contribution in [0.3, 0.4) is 0 Å². The number of rotatable bonds is 4. The fourth-order valence-corrected chi connectivity index (χ4v) is 2.61. The van der Waals surface area contributed by atoms with Crippen molar-refractivity contribution in [2.75, 3.05) is 25.0 Å². The topological polar surface area (TPSA) is 98.7 Å². The Balaban J connectivity index is 1.91. The van der Waals surface area contributed by atoms with Gasteiger partial charge in [0.1, 0.15) is 6.54 Å². The van der Waals surface area contributed by atoms with Crippen molar-refractivity contribution in [1.29, 1.82) is 0 Å². The Hall–Kier alpha value is -2.57. The minimum absolute atomic E-state index is 0.244. The molecule has 0 radical (unpaired) electrons. The molecule has 0 aliphatic carbocycles. The van der Waals surface area contributed by atoms with Crippen LogP contribution in [0.4, 0.5) is 10.5 Å². The minimum atomic E-state index is -1.08. The Bertz CT molecular complexity index is 603. The molecule has 1 fully saturated rings. The van der Waals surface area contributed by atoms with E-state index in [-0.39, 0.29) is 17.9 Å². The molecule has 124 valence electrons. The normalized spacial score (nSPS) is 17.4. The number of aryl methyl sites for hydroxylation is 1. The molecular formula is C16H21N3O4. The van der Waals surface area contributed by atoms with Gasteiger partial charge in [-0.25, -0.2) is 4.79 Å². The Labute approximate surface area is 134 Å². The molecular weight excluding hydrogens is 298 g/mol. The molecule has 1 atom stereocenters. The molecule has 1 aromatic rings. The molecule has 1 unspecified atom stereocenters. The average molecular weight is 319 g/mol. The number of carboxylic acids is 1. The number of nitrogens with one attached hydrogen (secondary N) is 2. The van der Waals surface area contributed by atoms with Crippen LogP contribution in [0, 0.1) is 12.8 Å². The summed E-state index contributed by atoms with van der Waals surface area (Å²) < 4.78 is 0. The lowest BCUT2D eigenvalue weighted by atomic mass is 9.97. The number of amides is 3. The lowest BCUT2D eigenvalue weighted by Gasteiger charge is -2.32. The number of benzene rings is 1. The highest BCUT2D eigenvalue weighted by Gasteiger charge is 2.28. The molecule has 7 nitrogen and oxygen atoms in total. The molecule has 1 saturated heterocycles. The molecule has 0 bridgehead atoms. The van der Waals surface area contributed by atoms with Crippen LogP contribution in [0.25, 0.3) is 0 Å². The summed E-state index contributed by atoms with van der Waals surface area (Å²) in [6.07, 6.45) is 1.37. The Morgan fingerprint density at radius 1 is 1.35 bits per heavy atom. The molecule has 1 aliphatic rings. The maximum atomic E-state index is 12.3. The van der Waals surface area contributed by atoms with Gasteiger partial charge in [0.2, 0.25) is 5.91 Å². The van der Waals surface area contributed by atoms with Crippen molar-refractivity contribution in [1.82, 2.24) is 10.2 Å². The molecule has 0 saturated carbocycles. The predicted octanol–water partition coefficient (Wildman–Crippen LogP) is 1.44. The molecule has 1 heterocycles. The second-order valence-electron chi connectivity index (χ2n) is 5.70. The van der Waals surface area contributed by atoms with Crippen molar-refractivity contribution < 1.29 is 19.5 Å². The third-order valence-corrected chi connectivity index (χ3v) is 3.76. The number of likely N-dealkylation sites (tertiary alicyclic amines) is 1. The lowest BCUT2D eigenvalue weighted by Crippen LogP contribution is -2.47. The molecule has 3 N–H and O–H groups in total. The van der Waals surface area contributed by atoms with E-state index >= 15 is 0 Å². The molecule has 0 spiro atoms. The number of carbonyl (C=O) groups is 3. The Kier molecular flexibility index (Phi) is 5.56. The van der Waals surface area contributed by atoms with Crippen molar-refractivity contribution in [3.8, 4) is 0 Å². The van der Waals surface area contributed by atoms with Gasteiger partial charge >= 0.3 is 12.0 Å². The van der Waals surface area contributed by atoms with Gasteiger partial charge in [-0.1, -0.05) is 12.1 Å². The summed E-state index contributed by atoms with van der Waals surface area (Å²) in [6, 6.07) is 7.25. The van der Waals surface area contributed by atoms with Crippen molar-refractivity contribution >= 4 is 23.6 Å². The van der Waals surface area contributed by atoms with E-state index in [9.17, 15) is 14.4 Å². The fraction of sp³-hybridized carbons (Fsp3) is 0.438. The molecule has 2 rings (SSSR count). The highest BCUT2D eigenvalue weighted by atomic mass is 16.4. The summed E-state index contributed by atoms with van der Waals surface area (Å²) >= 11 is 0. The maximum Gasteiger partial charge on any atom is 0.322 e. The van der Waals surface area contributed by atoms with Crippen LogP contribution in [-0.2, 0) is 9.59 Å². The van der Waals surface area contributed by atoms with Crippen molar-refractivity contribution in [3.63, 3.8) is 0 Å². The second-order valence-corrected chi connectivity index (χ2v) is 5.70. The second kappa shape index (κ2) is 7.62. The van der Waals surface area contributed by atoms with Gasteiger partial charge in [0.25, 0.3) is 0 Å². The Morgan fingerprint density at radius 2 is 2.13 bits per heavy atom. The van der Waals surface area contributed by atoms with E-state index in [1.165, 1.54) is 0 Å². The first-order valence-corrected chi connectivity index (χ1v) is 7.58. The molecule has 0 aromatic heterocycles. The van der Waals surface area contributed by atoms with Gasteiger partial charge in [0, 0.05) is 18.8 Å². The number of hydrogen-bond acceptors (Lipinski definition) is 3. The number of hydrogen-bond donors (Lipinski definition) is 3. The molecule has 1 aromatic carbocycles. The van der Waals surface area contributed by atoms with Crippen molar-refractivity contribution in [2.24, 2.45) is 5.92 Å². The summed E-state index contributed by atoms with van der Waals surface area (Å²) in [7, 11) is 0. The largest absolute Gasteiger partial charge is 0.480 e. The van der Waals surface area contributed by atoms with E-state index in [2.05, 4.69) is 10.6 Å². The number of carbonyl (C=O) groups excluding carboxylic acids is 2. The number of piperidine rings is 1. The fourth-order valence-electron chi connectivity index (χ4n) is 2.61. The standard InChI is InChI=1S/C16H21N3O4/c1-11-4-2-6-13(8-11)18-16(23)19-7-3-5-12(10-19)15(22)17-9-14(20)21/h2,4,6,8,12H,3,5,7,9-10H2,1H3,(H,17,22)(H,18,23)(H,20,21). The molecule has 23 heavy (non-hydrogen) atoms. The van der Waals surface area contributed by atoms with Gasteiger partial charge in [-0.2, -0.15) is 0 Å². The molecule has 7 heteroatoms. The van der Waals surface area contributed by atoms with E-state index in [1.54, 1.807) is 4.90 Å². The summed E-state index contributed by atoms with van der Waals surface area (Å²) in [5.41, 5.74) is 1.76. The van der Waals surface area contributed by atoms with Crippen LogP contribution < -0.4 is 10.6 Å². The highest BCUT2D eigenvalue weighted by molar-refractivity contribution is 5.90. The van der Waals surface area contributed by atoms with Crippen LogP contribution in [0.1, 0.15) is 18.4 Å². The lowest BCUT2D eigenvalue weighted by molar-refractivity contribution is -0.138. The van der Waals surface area contributed by atoms with E-state index in [4.69, 9.17) is 5.11 Å². The van der Waals surface area contributed by atoms with Gasteiger partial charge in [-0.15, -0.1) is 0 Å². The number of urea groups is 1. The number of aliphatic carboxylic acids is 1.